The summed E-state index contributed by atoms with van der Waals surface area (Å²) in [6, 6.07) is 21.4. The summed E-state index contributed by atoms with van der Waals surface area (Å²) in [6.45, 7) is 0. The molecule has 0 bridgehead atoms. The number of hydrogen-bond acceptors (Lipinski definition) is 4. The van der Waals surface area contributed by atoms with Gasteiger partial charge in [0.25, 0.3) is 0 Å². The molecule has 0 aliphatic heterocycles. The third-order valence-electron chi connectivity index (χ3n) is 4.73. The molecule has 0 amide bonds. The summed E-state index contributed by atoms with van der Waals surface area (Å²) in [5, 5.41) is 4.32. The molecule has 5 nitrogen and oxygen atoms in total. The van der Waals surface area contributed by atoms with Crippen LogP contribution in [0, 0.1) is 5.82 Å². The lowest BCUT2D eigenvalue weighted by Crippen LogP contribution is -2.09. The van der Waals surface area contributed by atoms with Gasteiger partial charge in [-0.1, -0.05) is 18.2 Å². The zero-order chi connectivity index (χ0) is 21.6. The summed E-state index contributed by atoms with van der Waals surface area (Å²) in [5.74, 6) is -0.634. The number of carbonyl (C=O) groups excluding carboxylic acids is 2. The first-order valence-corrected chi connectivity index (χ1v) is 9.78. The number of ether oxygens (including phenoxy) is 1. The maximum absolute atomic E-state index is 13.0. The van der Waals surface area contributed by atoms with Crippen LogP contribution in [0.3, 0.4) is 0 Å². The van der Waals surface area contributed by atoms with Crippen LogP contribution in [0.5, 0.6) is 5.75 Å². The predicted octanol–water partition coefficient (Wildman–Crippen LogP) is 4.78. The molecule has 4 rings (SSSR count). The van der Waals surface area contributed by atoms with Gasteiger partial charge in [-0.2, -0.15) is 5.10 Å². The van der Waals surface area contributed by atoms with Gasteiger partial charge in [0.2, 0.25) is 0 Å². The lowest BCUT2D eigenvalue weighted by Gasteiger charge is -2.06. The van der Waals surface area contributed by atoms with E-state index in [1.54, 1.807) is 35.1 Å². The second-order valence-electron chi connectivity index (χ2n) is 6.96. The Morgan fingerprint density at radius 2 is 1.52 bits per heavy atom. The van der Waals surface area contributed by atoms with Gasteiger partial charge in [0, 0.05) is 17.3 Å². The molecule has 0 aliphatic carbocycles. The number of nitrogens with zero attached hydrogens (tertiary/aromatic N) is 2. The Morgan fingerprint density at radius 1 is 0.871 bits per heavy atom. The standard InChI is InChI=1S/C25H19FN2O3/c26-21-11-7-19(8-12-21)25(30)20-9-13-23(14-10-20)31-24(29)15-6-18-16-27-28(17-18)22-4-2-1-3-5-22/h1-5,7-14,16-17H,6,15H2. The highest BCUT2D eigenvalue weighted by Gasteiger charge is 2.11. The number of ketones is 1. The van der Waals surface area contributed by atoms with Crippen molar-refractivity contribution < 1.29 is 18.7 Å². The Hall–Kier alpha value is -4.06. The van der Waals surface area contributed by atoms with Crippen molar-refractivity contribution in [1.29, 1.82) is 0 Å². The van der Waals surface area contributed by atoms with Gasteiger partial charge in [0.05, 0.1) is 18.3 Å². The third kappa shape index (κ3) is 5.11. The van der Waals surface area contributed by atoms with Crippen molar-refractivity contribution in [2.45, 2.75) is 12.8 Å². The molecule has 1 heterocycles. The number of halogens is 1. The molecule has 0 spiro atoms. The summed E-state index contributed by atoms with van der Waals surface area (Å²) in [4.78, 5) is 24.6. The van der Waals surface area contributed by atoms with Crippen LogP contribution in [0.15, 0.2) is 91.3 Å². The number of carbonyl (C=O) groups is 2. The first-order chi connectivity index (χ1) is 15.1. The van der Waals surface area contributed by atoms with Gasteiger partial charge in [-0.25, -0.2) is 9.07 Å². The summed E-state index contributed by atoms with van der Waals surface area (Å²) in [5.41, 5.74) is 2.70. The number of esters is 1. The van der Waals surface area contributed by atoms with E-state index in [4.69, 9.17) is 4.74 Å². The molecule has 154 valence electrons. The molecule has 0 N–H and O–H groups in total. The highest BCUT2D eigenvalue weighted by Crippen LogP contribution is 2.17. The van der Waals surface area contributed by atoms with Crippen LogP contribution in [0.2, 0.25) is 0 Å². The molecule has 0 saturated carbocycles. The van der Waals surface area contributed by atoms with Gasteiger partial charge >= 0.3 is 5.97 Å². The summed E-state index contributed by atoms with van der Waals surface area (Å²) in [7, 11) is 0. The van der Waals surface area contributed by atoms with E-state index in [0.717, 1.165) is 11.3 Å². The van der Waals surface area contributed by atoms with E-state index in [0.29, 0.717) is 23.3 Å². The van der Waals surface area contributed by atoms with Gasteiger partial charge in [-0.15, -0.1) is 0 Å². The smallest absolute Gasteiger partial charge is 0.311 e. The predicted molar refractivity (Wildman–Crippen MR) is 114 cm³/mol. The largest absolute Gasteiger partial charge is 0.427 e. The molecule has 0 atom stereocenters. The van der Waals surface area contributed by atoms with E-state index in [9.17, 15) is 14.0 Å². The molecule has 1 aromatic heterocycles. The average Bonchev–Trinajstić information content (AvgIpc) is 3.28. The van der Waals surface area contributed by atoms with Gasteiger partial charge in [-0.3, -0.25) is 9.59 Å². The maximum Gasteiger partial charge on any atom is 0.311 e. The van der Waals surface area contributed by atoms with E-state index >= 15 is 0 Å². The van der Waals surface area contributed by atoms with Crippen molar-refractivity contribution in [2.24, 2.45) is 0 Å². The van der Waals surface area contributed by atoms with Crippen LogP contribution in [0.25, 0.3) is 5.69 Å². The molecule has 0 radical (unpaired) electrons. The Kier molecular flexibility index (Phi) is 5.98. The molecule has 31 heavy (non-hydrogen) atoms. The summed E-state index contributed by atoms with van der Waals surface area (Å²) < 4.78 is 20.1. The van der Waals surface area contributed by atoms with Crippen molar-refractivity contribution >= 4 is 11.8 Å². The van der Waals surface area contributed by atoms with E-state index < -0.39 is 5.82 Å². The number of aromatic nitrogens is 2. The van der Waals surface area contributed by atoms with Gasteiger partial charge in [0.1, 0.15) is 11.6 Å². The first-order valence-electron chi connectivity index (χ1n) is 9.78. The van der Waals surface area contributed by atoms with E-state index in [1.165, 1.54) is 24.3 Å². The third-order valence-corrected chi connectivity index (χ3v) is 4.73. The minimum absolute atomic E-state index is 0.205. The van der Waals surface area contributed by atoms with E-state index in [2.05, 4.69) is 5.10 Å². The SMILES string of the molecule is O=C(CCc1cnn(-c2ccccc2)c1)Oc1ccc(C(=O)c2ccc(F)cc2)cc1. The highest BCUT2D eigenvalue weighted by molar-refractivity contribution is 6.09. The molecular formula is C25H19FN2O3. The Morgan fingerprint density at radius 3 is 2.19 bits per heavy atom. The number of para-hydroxylation sites is 1. The van der Waals surface area contributed by atoms with E-state index in [1.807, 2.05) is 36.5 Å². The van der Waals surface area contributed by atoms with Crippen LogP contribution >= 0.6 is 0 Å². The molecule has 6 heteroatoms. The molecule has 0 unspecified atom stereocenters. The summed E-state index contributed by atoms with van der Waals surface area (Å²) in [6.07, 6.45) is 4.33. The van der Waals surface area contributed by atoms with Crippen molar-refractivity contribution in [3.8, 4) is 11.4 Å². The second-order valence-corrected chi connectivity index (χ2v) is 6.96. The van der Waals surface area contributed by atoms with Crippen molar-refractivity contribution in [3.05, 3.63) is 114 Å². The zero-order valence-corrected chi connectivity index (χ0v) is 16.6. The fraction of sp³-hybridized carbons (Fsp3) is 0.0800. The Balaban J connectivity index is 1.31. The molecule has 3 aromatic carbocycles. The van der Waals surface area contributed by atoms with Crippen molar-refractivity contribution in [3.63, 3.8) is 0 Å². The number of rotatable bonds is 7. The topological polar surface area (TPSA) is 61.2 Å². The molecule has 4 aromatic rings. The van der Waals surface area contributed by atoms with Crippen LogP contribution in [-0.4, -0.2) is 21.5 Å². The Bertz CT molecular complexity index is 1180. The lowest BCUT2D eigenvalue weighted by atomic mass is 10.0. The number of hydrogen-bond donors (Lipinski definition) is 0. The lowest BCUT2D eigenvalue weighted by molar-refractivity contribution is -0.134. The average molecular weight is 414 g/mol. The molecule has 0 aliphatic rings. The first kappa shape index (κ1) is 20.2. The van der Waals surface area contributed by atoms with Crippen LogP contribution in [-0.2, 0) is 11.2 Å². The van der Waals surface area contributed by atoms with Crippen LogP contribution in [0.4, 0.5) is 4.39 Å². The fourth-order valence-electron chi connectivity index (χ4n) is 3.08. The summed E-state index contributed by atoms with van der Waals surface area (Å²) >= 11 is 0. The molecular weight excluding hydrogens is 395 g/mol. The minimum Gasteiger partial charge on any atom is -0.427 e. The van der Waals surface area contributed by atoms with Crippen LogP contribution in [0.1, 0.15) is 27.9 Å². The molecule has 0 fully saturated rings. The fourth-order valence-corrected chi connectivity index (χ4v) is 3.08. The van der Waals surface area contributed by atoms with Gasteiger partial charge in [0.15, 0.2) is 5.78 Å². The normalized spacial score (nSPS) is 10.6. The van der Waals surface area contributed by atoms with Crippen molar-refractivity contribution in [2.75, 3.05) is 0 Å². The quantitative estimate of drug-likeness (QED) is 0.248. The Labute approximate surface area is 178 Å². The molecule has 0 saturated heterocycles. The van der Waals surface area contributed by atoms with Gasteiger partial charge in [-0.05, 0) is 72.6 Å². The number of aryl methyl sites for hydroxylation is 1. The number of benzene rings is 3. The highest BCUT2D eigenvalue weighted by atomic mass is 19.1. The van der Waals surface area contributed by atoms with Crippen LogP contribution < -0.4 is 4.74 Å². The maximum atomic E-state index is 13.0. The minimum atomic E-state index is -0.397. The van der Waals surface area contributed by atoms with E-state index in [-0.39, 0.29) is 18.2 Å². The second kappa shape index (κ2) is 9.17. The monoisotopic (exact) mass is 414 g/mol. The zero-order valence-electron chi connectivity index (χ0n) is 16.6. The van der Waals surface area contributed by atoms with Gasteiger partial charge < -0.3 is 4.74 Å². The van der Waals surface area contributed by atoms with Crippen molar-refractivity contribution in [1.82, 2.24) is 9.78 Å².